The molecule has 0 spiro atoms. The Hall–Kier alpha value is -2.15. The van der Waals surface area contributed by atoms with Crippen molar-refractivity contribution in [3.05, 3.63) is 69.1 Å². The van der Waals surface area contributed by atoms with E-state index in [4.69, 9.17) is 11.6 Å². The second kappa shape index (κ2) is 8.30. The highest BCUT2D eigenvalue weighted by atomic mass is 35.5. The number of pyridine rings is 1. The van der Waals surface area contributed by atoms with Crippen LogP contribution in [-0.2, 0) is 17.9 Å². The fourth-order valence-electron chi connectivity index (χ4n) is 4.91. The largest absolute Gasteiger partial charge is 0.396 e. The minimum atomic E-state index is -0.470. The van der Waals surface area contributed by atoms with Crippen LogP contribution in [0.1, 0.15) is 30.6 Å². The summed E-state index contributed by atoms with van der Waals surface area (Å²) in [6.45, 7) is 3.50. The van der Waals surface area contributed by atoms with Crippen molar-refractivity contribution in [3.8, 4) is 0 Å². The van der Waals surface area contributed by atoms with Gasteiger partial charge in [-0.2, -0.15) is 0 Å². The number of hydrogen-bond donors (Lipinski definition) is 2. The van der Waals surface area contributed by atoms with Gasteiger partial charge >= 0.3 is 0 Å². The molecule has 4 atom stereocenters. The van der Waals surface area contributed by atoms with Crippen LogP contribution < -0.4 is 10.9 Å². The lowest BCUT2D eigenvalue weighted by Gasteiger charge is -2.31. The number of carbonyl (C=O) groups is 1. The van der Waals surface area contributed by atoms with E-state index in [0.29, 0.717) is 24.7 Å². The third kappa shape index (κ3) is 3.50. The number of halogens is 1. The molecule has 2 aromatic rings. The Morgan fingerprint density at radius 1 is 1.24 bits per heavy atom. The van der Waals surface area contributed by atoms with E-state index in [0.717, 1.165) is 17.7 Å². The summed E-state index contributed by atoms with van der Waals surface area (Å²) in [4.78, 5) is 27.6. The number of carbonyl (C=O) groups excluding carboxylic acids is 1. The van der Waals surface area contributed by atoms with Crippen molar-refractivity contribution in [2.75, 3.05) is 13.2 Å². The van der Waals surface area contributed by atoms with E-state index >= 15 is 0 Å². The summed E-state index contributed by atoms with van der Waals surface area (Å²) in [6.07, 6.45) is 0.845. The van der Waals surface area contributed by atoms with Crippen LogP contribution in [-0.4, -0.2) is 39.7 Å². The number of aliphatic hydroxyl groups excluding tert-OH is 1. The molecule has 1 fully saturated rings. The fraction of sp³-hybridized carbons (Fsp3) is 0.455. The first kappa shape index (κ1) is 20.1. The maximum atomic E-state index is 13.1. The van der Waals surface area contributed by atoms with Crippen LogP contribution in [0.2, 0.25) is 5.02 Å². The van der Waals surface area contributed by atoms with Crippen LogP contribution in [0.4, 0.5) is 0 Å². The molecule has 0 saturated carbocycles. The lowest BCUT2D eigenvalue weighted by atomic mass is 9.88. The minimum Gasteiger partial charge on any atom is -0.396 e. The Morgan fingerprint density at radius 2 is 2.03 bits per heavy atom. The highest BCUT2D eigenvalue weighted by Crippen LogP contribution is 2.49. The Labute approximate surface area is 175 Å². The standard InChI is InChI=1S/C22H26ClN3O3/c1-2-10-24-22(29)21-16(13-27)15-12-25-18(8-5-9-19(25)28)20(15)26(21)11-14-6-3-4-7-17(14)23/h3-9,15-16,20-21,27H,2,10-13H2,1H3,(H,24,29)/t15-,16-,20+,21-/m0/s1. The molecule has 1 aromatic carbocycles. The predicted molar refractivity (Wildman–Crippen MR) is 112 cm³/mol. The van der Waals surface area contributed by atoms with Crippen molar-refractivity contribution < 1.29 is 9.90 Å². The number of hydrogen-bond acceptors (Lipinski definition) is 4. The second-order valence-corrected chi connectivity index (χ2v) is 8.26. The van der Waals surface area contributed by atoms with Gasteiger partial charge in [-0.3, -0.25) is 14.5 Å². The number of amides is 1. The molecule has 1 saturated heterocycles. The number of aromatic nitrogens is 1. The maximum Gasteiger partial charge on any atom is 0.250 e. The van der Waals surface area contributed by atoms with Crippen molar-refractivity contribution >= 4 is 17.5 Å². The fourth-order valence-corrected chi connectivity index (χ4v) is 5.11. The van der Waals surface area contributed by atoms with Gasteiger partial charge in [0.05, 0.1) is 12.1 Å². The normalized spacial score (nSPS) is 25.6. The first-order valence-electron chi connectivity index (χ1n) is 10.1. The molecule has 0 unspecified atom stereocenters. The van der Waals surface area contributed by atoms with Crippen molar-refractivity contribution in [1.29, 1.82) is 0 Å². The third-order valence-electron chi connectivity index (χ3n) is 6.19. The van der Waals surface area contributed by atoms with E-state index in [1.807, 2.05) is 37.3 Å². The zero-order valence-electron chi connectivity index (χ0n) is 16.4. The van der Waals surface area contributed by atoms with Crippen molar-refractivity contribution in [2.45, 2.75) is 38.5 Å². The van der Waals surface area contributed by atoms with Gasteiger partial charge < -0.3 is 15.0 Å². The smallest absolute Gasteiger partial charge is 0.250 e. The molecular weight excluding hydrogens is 390 g/mol. The van der Waals surface area contributed by atoms with Gasteiger partial charge in [0.25, 0.3) is 5.56 Å². The summed E-state index contributed by atoms with van der Waals surface area (Å²) in [6, 6.07) is 12.3. The topological polar surface area (TPSA) is 74.6 Å². The Balaban J connectivity index is 1.77. The van der Waals surface area contributed by atoms with Crippen LogP contribution in [0, 0.1) is 11.8 Å². The maximum absolute atomic E-state index is 13.1. The van der Waals surface area contributed by atoms with E-state index < -0.39 is 6.04 Å². The quantitative estimate of drug-likeness (QED) is 0.758. The van der Waals surface area contributed by atoms with E-state index in [2.05, 4.69) is 10.2 Å². The Bertz CT molecular complexity index is 960. The van der Waals surface area contributed by atoms with Crippen LogP contribution in [0.15, 0.2) is 47.3 Å². The number of benzene rings is 1. The highest BCUT2D eigenvalue weighted by Gasteiger charge is 2.55. The lowest BCUT2D eigenvalue weighted by Crippen LogP contribution is -2.48. The van der Waals surface area contributed by atoms with E-state index in [1.54, 1.807) is 16.7 Å². The molecule has 2 aliphatic rings. The average Bonchev–Trinajstić information content (AvgIpc) is 3.24. The molecule has 0 radical (unpaired) electrons. The Kier molecular flexibility index (Phi) is 5.76. The monoisotopic (exact) mass is 415 g/mol. The molecule has 0 bridgehead atoms. The summed E-state index contributed by atoms with van der Waals surface area (Å²) >= 11 is 6.42. The van der Waals surface area contributed by atoms with Crippen LogP contribution in [0.3, 0.4) is 0 Å². The number of rotatable bonds is 6. The summed E-state index contributed by atoms with van der Waals surface area (Å²) in [5, 5.41) is 13.9. The van der Waals surface area contributed by atoms with Gasteiger partial charge in [0.2, 0.25) is 5.91 Å². The minimum absolute atomic E-state index is 0.00466. The van der Waals surface area contributed by atoms with Gasteiger partial charge in [-0.25, -0.2) is 0 Å². The highest BCUT2D eigenvalue weighted by molar-refractivity contribution is 6.31. The third-order valence-corrected chi connectivity index (χ3v) is 6.56. The molecule has 3 heterocycles. The summed E-state index contributed by atoms with van der Waals surface area (Å²) in [5.74, 6) is -0.328. The van der Waals surface area contributed by atoms with Crippen molar-refractivity contribution in [2.24, 2.45) is 11.8 Å². The Morgan fingerprint density at radius 3 is 2.76 bits per heavy atom. The average molecular weight is 416 g/mol. The molecular formula is C22H26ClN3O3. The molecule has 6 nitrogen and oxygen atoms in total. The number of nitrogens with zero attached hydrogens (tertiary/aromatic N) is 2. The van der Waals surface area contributed by atoms with Gasteiger partial charge in [0.15, 0.2) is 0 Å². The molecule has 154 valence electrons. The molecule has 1 aromatic heterocycles. The van der Waals surface area contributed by atoms with Crippen LogP contribution in [0.25, 0.3) is 0 Å². The van der Waals surface area contributed by atoms with E-state index in [1.165, 1.54) is 0 Å². The first-order chi connectivity index (χ1) is 14.1. The molecule has 7 heteroatoms. The first-order valence-corrected chi connectivity index (χ1v) is 10.5. The molecule has 0 aliphatic carbocycles. The second-order valence-electron chi connectivity index (χ2n) is 7.85. The SMILES string of the molecule is CCCNC(=O)[C@@H]1[C@@H](CO)[C@@H]2Cn3c(cccc3=O)[C@@H]2N1Cc1ccccc1Cl. The van der Waals surface area contributed by atoms with Crippen LogP contribution in [0.5, 0.6) is 0 Å². The summed E-state index contributed by atoms with van der Waals surface area (Å²) < 4.78 is 1.78. The van der Waals surface area contributed by atoms with E-state index in [9.17, 15) is 14.7 Å². The van der Waals surface area contributed by atoms with Gasteiger partial charge in [0.1, 0.15) is 0 Å². The van der Waals surface area contributed by atoms with Gasteiger partial charge in [0, 0.05) is 54.9 Å². The number of nitrogens with one attached hydrogen (secondary N) is 1. The summed E-state index contributed by atoms with van der Waals surface area (Å²) in [5.41, 5.74) is 1.79. The number of fused-ring (bicyclic) bond motifs is 3. The van der Waals surface area contributed by atoms with Gasteiger partial charge in [-0.15, -0.1) is 0 Å². The number of aliphatic hydroxyl groups is 1. The lowest BCUT2D eigenvalue weighted by molar-refractivity contribution is -0.128. The molecule has 4 rings (SSSR count). The zero-order chi connectivity index (χ0) is 20.5. The molecule has 2 N–H and O–H groups in total. The van der Waals surface area contributed by atoms with Crippen molar-refractivity contribution in [3.63, 3.8) is 0 Å². The van der Waals surface area contributed by atoms with Gasteiger partial charge in [-0.1, -0.05) is 42.8 Å². The number of likely N-dealkylation sites (tertiary alicyclic amines) is 1. The van der Waals surface area contributed by atoms with Crippen molar-refractivity contribution in [1.82, 2.24) is 14.8 Å². The predicted octanol–water partition coefficient (Wildman–Crippen LogP) is 2.19. The summed E-state index contributed by atoms with van der Waals surface area (Å²) in [7, 11) is 0. The molecule has 2 aliphatic heterocycles. The molecule has 1 amide bonds. The molecule has 29 heavy (non-hydrogen) atoms. The van der Waals surface area contributed by atoms with E-state index in [-0.39, 0.29) is 36.0 Å². The van der Waals surface area contributed by atoms with Gasteiger partial charge in [-0.05, 0) is 24.1 Å². The zero-order valence-corrected chi connectivity index (χ0v) is 17.2. The van der Waals surface area contributed by atoms with Crippen LogP contribution >= 0.6 is 11.6 Å².